The van der Waals surface area contributed by atoms with Crippen LogP contribution in [-0.2, 0) is 9.53 Å². The first-order valence-electron chi connectivity index (χ1n) is 10.9. The van der Waals surface area contributed by atoms with Crippen molar-refractivity contribution in [3.05, 3.63) is 59.7 Å². The number of hydrogen-bond acceptors (Lipinski definition) is 5. The Bertz CT molecular complexity index is 1150. The lowest BCUT2D eigenvalue weighted by Crippen LogP contribution is -2.50. The van der Waals surface area contributed by atoms with Crippen LogP contribution in [0.4, 0.5) is 10.2 Å². The number of anilines is 1. The molecule has 2 atom stereocenters. The van der Waals surface area contributed by atoms with Crippen LogP contribution in [0.3, 0.4) is 0 Å². The molecule has 1 aromatic carbocycles. The molecule has 0 bridgehead atoms. The number of amides is 1. The Balaban J connectivity index is 1.23. The minimum Gasteiger partial charge on any atom is -0.356 e. The summed E-state index contributed by atoms with van der Waals surface area (Å²) in [5.41, 5.74) is 2.11. The van der Waals surface area contributed by atoms with E-state index < -0.39 is 5.60 Å². The number of piperidine rings is 1. The van der Waals surface area contributed by atoms with E-state index in [1.54, 1.807) is 12.1 Å². The molecular weight excluding hydrogens is 397 g/mol. The van der Waals surface area contributed by atoms with Gasteiger partial charge in [0.1, 0.15) is 17.9 Å². The van der Waals surface area contributed by atoms with Gasteiger partial charge in [0.15, 0.2) is 11.2 Å². The van der Waals surface area contributed by atoms with Gasteiger partial charge in [-0.2, -0.15) is 9.61 Å². The van der Waals surface area contributed by atoms with Gasteiger partial charge in [-0.15, -0.1) is 0 Å². The second kappa shape index (κ2) is 6.75. The lowest BCUT2D eigenvalue weighted by atomic mass is 9.89. The van der Waals surface area contributed by atoms with E-state index in [1.807, 2.05) is 34.8 Å². The van der Waals surface area contributed by atoms with Crippen molar-refractivity contribution in [1.82, 2.24) is 19.5 Å². The highest BCUT2D eigenvalue weighted by Gasteiger charge is 2.58. The second-order valence-corrected chi connectivity index (χ2v) is 8.78. The molecular formula is C23H24FN5O2. The molecule has 5 heterocycles. The number of fused-ring (bicyclic) bond motifs is 2. The number of aryl methyl sites for hydroxylation is 1. The number of benzene rings is 1. The molecule has 31 heavy (non-hydrogen) atoms. The van der Waals surface area contributed by atoms with Crippen molar-refractivity contribution in [3.63, 3.8) is 0 Å². The number of halogens is 1. The number of carbonyl (C=O) groups is 1. The van der Waals surface area contributed by atoms with Crippen molar-refractivity contribution < 1.29 is 13.9 Å². The zero-order valence-corrected chi connectivity index (χ0v) is 17.4. The van der Waals surface area contributed by atoms with Crippen LogP contribution >= 0.6 is 0 Å². The monoisotopic (exact) mass is 421 g/mol. The molecule has 3 aromatic rings. The number of hydrogen-bond donors (Lipinski definition) is 0. The molecule has 2 aromatic heterocycles. The quantitative estimate of drug-likeness (QED) is 0.636. The largest absolute Gasteiger partial charge is 0.356 e. The summed E-state index contributed by atoms with van der Waals surface area (Å²) in [6.07, 6.45) is 6.39. The third-order valence-corrected chi connectivity index (χ3v) is 7.03. The van der Waals surface area contributed by atoms with E-state index in [2.05, 4.69) is 15.0 Å². The smallest absolute Gasteiger partial charge is 0.257 e. The zero-order chi connectivity index (χ0) is 21.2. The fourth-order valence-electron chi connectivity index (χ4n) is 5.39. The van der Waals surface area contributed by atoms with Crippen molar-refractivity contribution in [2.75, 3.05) is 18.0 Å². The van der Waals surface area contributed by atoms with Gasteiger partial charge in [-0.25, -0.2) is 9.37 Å². The highest BCUT2D eigenvalue weighted by molar-refractivity contribution is 5.88. The summed E-state index contributed by atoms with van der Waals surface area (Å²) in [5.74, 6) is 0.811. The maximum absolute atomic E-state index is 13.6. The fourth-order valence-corrected chi connectivity index (χ4v) is 5.39. The molecule has 160 valence electrons. The van der Waals surface area contributed by atoms with E-state index in [0.717, 1.165) is 35.4 Å². The molecule has 0 N–H and O–H groups in total. The number of ether oxygens (including phenoxy) is 1. The van der Waals surface area contributed by atoms with Gasteiger partial charge in [0.2, 0.25) is 0 Å². The molecule has 1 amide bonds. The Kier molecular flexibility index (Phi) is 4.08. The van der Waals surface area contributed by atoms with Gasteiger partial charge in [-0.1, -0.05) is 12.1 Å². The summed E-state index contributed by atoms with van der Waals surface area (Å²) in [4.78, 5) is 22.1. The molecule has 0 saturated carbocycles. The van der Waals surface area contributed by atoms with Crippen molar-refractivity contribution >= 4 is 17.4 Å². The maximum Gasteiger partial charge on any atom is 0.257 e. The van der Waals surface area contributed by atoms with Crippen molar-refractivity contribution in [2.45, 2.75) is 50.5 Å². The normalized spacial score (nSPS) is 25.0. The zero-order valence-electron chi connectivity index (χ0n) is 17.4. The van der Waals surface area contributed by atoms with Crippen molar-refractivity contribution in [1.29, 1.82) is 0 Å². The average Bonchev–Trinajstić information content (AvgIpc) is 3.44. The van der Waals surface area contributed by atoms with Gasteiger partial charge in [0, 0.05) is 37.7 Å². The predicted octanol–water partition coefficient (Wildman–Crippen LogP) is 3.24. The lowest BCUT2D eigenvalue weighted by Gasteiger charge is -2.38. The summed E-state index contributed by atoms with van der Waals surface area (Å²) in [7, 11) is 0. The topological polar surface area (TPSA) is 63.0 Å². The fraction of sp³-hybridized carbons (Fsp3) is 0.435. The Morgan fingerprint density at radius 1 is 1.13 bits per heavy atom. The first-order valence-corrected chi connectivity index (χ1v) is 10.9. The van der Waals surface area contributed by atoms with Crippen LogP contribution in [0.15, 0.2) is 42.7 Å². The molecule has 6 rings (SSSR count). The van der Waals surface area contributed by atoms with Crippen molar-refractivity contribution in [2.24, 2.45) is 0 Å². The van der Waals surface area contributed by atoms with Crippen LogP contribution in [0.1, 0.15) is 42.9 Å². The summed E-state index contributed by atoms with van der Waals surface area (Å²) in [6.45, 7) is 3.43. The van der Waals surface area contributed by atoms with E-state index in [-0.39, 0.29) is 24.0 Å². The summed E-state index contributed by atoms with van der Waals surface area (Å²) in [6, 6.07) is 8.42. The van der Waals surface area contributed by atoms with Gasteiger partial charge >= 0.3 is 0 Å². The minimum atomic E-state index is -0.758. The standard InChI is InChI=1S/C23H24FN5O2/c1-15-14-26-29-19(8-11-25-21(15)29)27-12-9-23(10-13-27)22(30)28-18(6-7-20(28)31-23)16-2-4-17(24)5-3-16/h2-5,8,11,14,18,20H,6-7,9-10,12-13H2,1H3/t18-,20+/m0/s1. The number of carbonyl (C=O) groups excluding carboxylic acids is 1. The molecule has 3 fully saturated rings. The van der Waals surface area contributed by atoms with E-state index in [0.29, 0.717) is 25.9 Å². The summed E-state index contributed by atoms with van der Waals surface area (Å²) >= 11 is 0. The van der Waals surface area contributed by atoms with Crippen LogP contribution in [0.25, 0.3) is 5.65 Å². The Morgan fingerprint density at radius 2 is 1.90 bits per heavy atom. The van der Waals surface area contributed by atoms with E-state index >= 15 is 0 Å². The predicted molar refractivity (Wildman–Crippen MR) is 112 cm³/mol. The highest BCUT2D eigenvalue weighted by atomic mass is 19.1. The van der Waals surface area contributed by atoms with Crippen LogP contribution < -0.4 is 4.90 Å². The molecule has 0 unspecified atom stereocenters. The highest BCUT2D eigenvalue weighted by Crippen LogP contribution is 2.47. The van der Waals surface area contributed by atoms with Crippen LogP contribution in [0.2, 0.25) is 0 Å². The van der Waals surface area contributed by atoms with E-state index in [4.69, 9.17) is 4.74 Å². The Hall–Kier alpha value is -3.00. The third-order valence-electron chi connectivity index (χ3n) is 7.03. The first-order chi connectivity index (χ1) is 15.1. The van der Waals surface area contributed by atoms with Crippen LogP contribution in [0, 0.1) is 12.7 Å². The van der Waals surface area contributed by atoms with E-state index in [9.17, 15) is 9.18 Å². The molecule has 3 aliphatic rings. The Morgan fingerprint density at radius 3 is 2.68 bits per heavy atom. The van der Waals surface area contributed by atoms with Gasteiger partial charge in [-0.3, -0.25) is 4.79 Å². The van der Waals surface area contributed by atoms with Gasteiger partial charge < -0.3 is 14.5 Å². The van der Waals surface area contributed by atoms with Gasteiger partial charge in [0.25, 0.3) is 5.91 Å². The second-order valence-electron chi connectivity index (χ2n) is 8.78. The SMILES string of the molecule is Cc1cnn2c(N3CCC4(CC3)O[C@@H]3CC[C@@H](c5ccc(F)cc5)N3C4=O)ccnc12. The van der Waals surface area contributed by atoms with Gasteiger partial charge in [0.05, 0.1) is 12.2 Å². The third kappa shape index (κ3) is 2.77. The first kappa shape index (κ1) is 18.7. The molecule has 1 spiro atoms. The Labute approximate surface area is 179 Å². The number of aromatic nitrogens is 3. The van der Waals surface area contributed by atoms with Gasteiger partial charge in [-0.05, 0) is 43.5 Å². The van der Waals surface area contributed by atoms with Crippen LogP contribution in [-0.4, -0.2) is 50.3 Å². The molecule has 3 aliphatic heterocycles. The maximum atomic E-state index is 13.6. The van der Waals surface area contributed by atoms with E-state index in [1.165, 1.54) is 12.1 Å². The summed E-state index contributed by atoms with van der Waals surface area (Å²) < 4.78 is 21.6. The lowest BCUT2D eigenvalue weighted by molar-refractivity contribution is -0.140. The van der Waals surface area contributed by atoms with Crippen LogP contribution in [0.5, 0.6) is 0 Å². The number of rotatable bonds is 2. The molecule has 8 heteroatoms. The molecule has 3 saturated heterocycles. The summed E-state index contributed by atoms with van der Waals surface area (Å²) in [5, 5.41) is 4.47. The molecule has 0 aliphatic carbocycles. The number of nitrogens with zero attached hydrogens (tertiary/aromatic N) is 5. The minimum absolute atomic E-state index is 0.0395. The average molecular weight is 421 g/mol. The van der Waals surface area contributed by atoms with Crippen molar-refractivity contribution in [3.8, 4) is 0 Å². The molecule has 0 radical (unpaired) electrons. The molecule has 7 nitrogen and oxygen atoms in total.